The van der Waals surface area contributed by atoms with Crippen LogP contribution in [0.2, 0.25) is 0 Å². The quantitative estimate of drug-likeness (QED) is 0.145. The molecule has 0 atom stereocenters. The second-order valence-electron chi connectivity index (χ2n) is 14.7. The monoisotopic (exact) mass is 727 g/mol. The van der Waals surface area contributed by atoms with E-state index < -0.39 is 0 Å². The van der Waals surface area contributed by atoms with E-state index >= 15 is 0 Å². The van der Waals surface area contributed by atoms with Crippen molar-refractivity contribution >= 4 is 71.1 Å². The van der Waals surface area contributed by atoms with Crippen molar-refractivity contribution in [3.05, 3.63) is 213 Å². The van der Waals surface area contributed by atoms with Gasteiger partial charge in [-0.1, -0.05) is 135 Å². The Bertz CT molecular complexity index is 3100. The van der Waals surface area contributed by atoms with Gasteiger partial charge in [-0.3, -0.25) is 0 Å². The summed E-state index contributed by atoms with van der Waals surface area (Å²) in [5, 5.41) is 7.43. The lowest BCUT2D eigenvalue weighted by molar-refractivity contribution is 1.18. The van der Waals surface area contributed by atoms with E-state index in [1.165, 1.54) is 76.6 Å². The Morgan fingerprint density at radius 1 is 0.368 bits per heavy atom. The Hall–Kier alpha value is -7.62. The smallest absolute Gasteiger partial charge is 0.0541 e. The van der Waals surface area contributed by atoms with Crippen molar-refractivity contribution in [2.75, 3.05) is 0 Å². The SMILES string of the molecule is C=C/C=C\C(=C)n1c2ccc(-c3ccc(-n4c5ccccc5c5ccccc54)cc3)cc2c2cc(-c3ccc(-n4c5ccccc5c5ccccc54)cc3)ccc21. The molecule has 0 bridgehead atoms. The highest BCUT2D eigenvalue weighted by Crippen LogP contribution is 2.39. The Morgan fingerprint density at radius 3 is 1.09 bits per heavy atom. The molecule has 268 valence electrons. The average Bonchev–Trinajstić information content (AvgIpc) is 3.91. The zero-order valence-electron chi connectivity index (χ0n) is 31.3. The zero-order chi connectivity index (χ0) is 38.0. The van der Waals surface area contributed by atoms with Crippen LogP contribution < -0.4 is 0 Å². The van der Waals surface area contributed by atoms with Gasteiger partial charge in [-0.15, -0.1) is 0 Å². The number of nitrogens with zero attached hydrogens (tertiary/aromatic N) is 3. The molecule has 0 radical (unpaired) electrons. The van der Waals surface area contributed by atoms with Crippen LogP contribution in [-0.4, -0.2) is 13.7 Å². The van der Waals surface area contributed by atoms with Crippen LogP contribution in [-0.2, 0) is 0 Å². The van der Waals surface area contributed by atoms with Crippen molar-refractivity contribution in [2.24, 2.45) is 0 Å². The van der Waals surface area contributed by atoms with E-state index in [1.807, 2.05) is 12.2 Å². The minimum absolute atomic E-state index is 0.890. The molecule has 3 heterocycles. The van der Waals surface area contributed by atoms with Gasteiger partial charge in [0.2, 0.25) is 0 Å². The predicted octanol–water partition coefficient (Wildman–Crippen LogP) is 14.5. The first-order chi connectivity index (χ1) is 28.2. The summed E-state index contributed by atoms with van der Waals surface area (Å²) in [5.74, 6) is 0. The molecule has 0 aliphatic heterocycles. The van der Waals surface area contributed by atoms with Gasteiger partial charge in [0.25, 0.3) is 0 Å². The molecule has 3 heteroatoms. The summed E-state index contributed by atoms with van der Waals surface area (Å²) in [5.41, 5.74) is 14.9. The molecule has 0 unspecified atom stereocenters. The fraction of sp³-hybridized carbons (Fsp3) is 0. The van der Waals surface area contributed by atoms with E-state index in [1.54, 1.807) is 6.08 Å². The van der Waals surface area contributed by atoms with E-state index in [9.17, 15) is 0 Å². The third-order valence-corrected chi connectivity index (χ3v) is 11.6. The minimum Gasteiger partial charge on any atom is -0.310 e. The fourth-order valence-electron chi connectivity index (χ4n) is 8.95. The number of allylic oxidation sites excluding steroid dienone is 4. The molecule has 3 aromatic heterocycles. The largest absolute Gasteiger partial charge is 0.310 e. The van der Waals surface area contributed by atoms with Crippen LogP contribution in [0.15, 0.2) is 213 Å². The molecule has 0 amide bonds. The van der Waals surface area contributed by atoms with Crippen LogP contribution in [0.25, 0.3) is 105 Å². The highest BCUT2D eigenvalue weighted by molar-refractivity contribution is 6.13. The number of rotatable bonds is 7. The normalized spacial score (nSPS) is 11.9. The highest BCUT2D eigenvalue weighted by Gasteiger charge is 2.17. The van der Waals surface area contributed by atoms with Crippen molar-refractivity contribution in [1.29, 1.82) is 0 Å². The molecule has 3 nitrogen and oxygen atoms in total. The summed E-state index contributed by atoms with van der Waals surface area (Å²) < 4.78 is 6.99. The maximum Gasteiger partial charge on any atom is 0.0541 e. The molecule has 11 rings (SSSR count). The van der Waals surface area contributed by atoms with Gasteiger partial charge >= 0.3 is 0 Å². The van der Waals surface area contributed by atoms with Crippen molar-refractivity contribution in [3.63, 3.8) is 0 Å². The Labute approximate surface area is 330 Å². The van der Waals surface area contributed by atoms with Gasteiger partial charge < -0.3 is 13.7 Å². The zero-order valence-corrected chi connectivity index (χ0v) is 31.3. The van der Waals surface area contributed by atoms with Gasteiger partial charge in [-0.25, -0.2) is 0 Å². The minimum atomic E-state index is 0.890. The lowest BCUT2D eigenvalue weighted by atomic mass is 10.00. The van der Waals surface area contributed by atoms with Gasteiger partial charge in [-0.2, -0.15) is 0 Å². The first-order valence-electron chi connectivity index (χ1n) is 19.4. The standard InChI is InChI=1S/C54H37N3/c1-3-4-13-36(2)55-53-32-26-39(37-22-28-41(29-23-37)56-49-18-9-5-14-43(49)44-15-6-10-19-50(44)56)34-47(53)48-35-40(27-33-54(48)55)38-24-30-42(31-25-38)57-51-20-11-7-16-45(51)46-17-8-12-21-52(46)57/h3-35H,1-2H2/b13-4-. The number of benzene rings is 8. The summed E-state index contributed by atoms with van der Waals surface area (Å²) in [6.07, 6.45) is 5.76. The second kappa shape index (κ2) is 13.0. The molecule has 0 spiro atoms. The van der Waals surface area contributed by atoms with Gasteiger partial charge in [0, 0.05) is 49.4 Å². The lowest BCUT2D eigenvalue weighted by Gasteiger charge is -2.10. The Balaban J connectivity index is 1.01. The van der Waals surface area contributed by atoms with Crippen LogP contribution >= 0.6 is 0 Å². The summed E-state index contributed by atoms with van der Waals surface area (Å²) in [6, 6.07) is 66.2. The molecular weight excluding hydrogens is 691 g/mol. The van der Waals surface area contributed by atoms with E-state index in [0.29, 0.717) is 0 Å². The third kappa shape index (κ3) is 5.13. The number of aromatic nitrogens is 3. The third-order valence-electron chi connectivity index (χ3n) is 11.6. The van der Waals surface area contributed by atoms with Crippen molar-refractivity contribution < 1.29 is 0 Å². The van der Waals surface area contributed by atoms with E-state index in [-0.39, 0.29) is 0 Å². The summed E-state index contributed by atoms with van der Waals surface area (Å²) in [4.78, 5) is 0. The fourth-order valence-corrected chi connectivity index (χ4v) is 8.95. The average molecular weight is 728 g/mol. The van der Waals surface area contributed by atoms with Crippen LogP contribution in [0.1, 0.15) is 0 Å². The first kappa shape index (κ1) is 32.8. The molecule has 0 aliphatic carbocycles. The molecule has 57 heavy (non-hydrogen) atoms. The molecule has 0 saturated carbocycles. The predicted molar refractivity (Wildman–Crippen MR) is 244 cm³/mol. The maximum atomic E-state index is 4.47. The van der Waals surface area contributed by atoms with Crippen LogP contribution in [0, 0.1) is 0 Å². The van der Waals surface area contributed by atoms with Crippen LogP contribution in [0.3, 0.4) is 0 Å². The number of hydrogen-bond donors (Lipinski definition) is 0. The first-order valence-corrected chi connectivity index (χ1v) is 19.4. The van der Waals surface area contributed by atoms with Gasteiger partial charge in [0.15, 0.2) is 0 Å². The van der Waals surface area contributed by atoms with Crippen LogP contribution in [0.5, 0.6) is 0 Å². The Morgan fingerprint density at radius 2 is 0.719 bits per heavy atom. The summed E-state index contributed by atoms with van der Waals surface area (Å²) in [6.45, 7) is 8.37. The molecule has 0 saturated heterocycles. The molecule has 0 fully saturated rings. The molecule has 11 aromatic rings. The van der Waals surface area contributed by atoms with Crippen LogP contribution in [0.4, 0.5) is 0 Å². The summed E-state index contributed by atoms with van der Waals surface area (Å²) >= 11 is 0. The van der Waals surface area contributed by atoms with E-state index in [4.69, 9.17) is 0 Å². The highest BCUT2D eigenvalue weighted by atomic mass is 15.0. The van der Waals surface area contributed by atoms with Gasteiger partial charge in [0.05, 0.1) is 33.1 Å². The number of hydrogen-bond acceptors (Lipinski definition) is 0. The number of fused-ring (bicyclic) bond motifs is 9. The van der Waals surface area contributed by atoms with E-state index in [0.717, 1.165) is 28.1 Å². The Kier molecular flexibility index (Phi) is 7.48. The molecule has 8 aromatic carbocycles. The number of para-hydroxylation sites is 4. The topological polar surface area (TPSA) is 14.8 Å². The maximum absolute atomic E-state index is 4.47. The summed E-state index contributed by atoms with van der Waals surface area (Å²) in [7, 11) is 0. The lowest BCUT2D eigenvalue weighted by Crippen LogP contribution is -1.94. The second-order valence-corrected chi connectivity index (χ2v) is 14.7. The van der Waals surface area contributed by atoms with Crippen molar-refractivity contribution in [2.45, 2.75) is 0 Å². The van der Waals surface area contributed by atoms with Gasteiger partial charge in [-0.05, 0) is 101 Å². The van der Waals surface area contributed by atoms with Crippen molar-refractivity contribution in [3.8, 4) is 33.6 Å². The molecular formula is C54H37N3. The van der Waals surface area contributed by atoms with E-state index in [2.05, 4.69) is 209 Å². The van der Waals surface area contributed by atoms with Gasteiger partial charge in [0.1, 0.15) is 0 Å². The van der Waals surface area contributed by atoms with Crippen molar-refractivity contribution in [1.82, 2.24) is 13.7 Å². The molecule has 0 aliphatic rings. The molecule has 0 N–H and O–H groups in total.